The van der Waals surface area contributed by atoms with Gasteiger partial charge in [-0.3, -0.25) is 0 Å². The van der Waals surface area contributed by atoms with Crippen LogP contribution in [0.2, 0.25) is 0 Å². The van der Waals surface area contributed by atoms with Crippen LogP contribution in [0.1, 0.15) is 50.4 Å². The van der Waals surface area contributed by atoms with Gasteiger partial charge in [0.25, 0.3) is 0 Å². The molecule has 2 aromatic rings. The highest BCUT2D eigenvalue weighted by atomic mass is 16.5. The second-order valence-electron chi connectivity index (χ2n) is 7.00. The number of aromatic nitrogens is 2. The van der Waals surface area contributed by atoms with Crippen LogP contribution in [0.3, 0.4) is 0 Å². The predicted molar refractivity (Wildman–Crippen MR) is 105 cm³/mol. The molecule has 2 heterocycles. The first kappa shape index (κ1) is 19.2. The lowest BCUT2D eigenvalue weighted by atomic mass is 10.1. The standard InChI is InChI=1S/C20H29N5O2/c1-4-21-20(22-11-7-10-18-24-19(14(2)3)25-27-18)23-13-16-12-15-8-5-6-9-17(15)26-16/h5-6,8-9,14,16H,4,7,10-13H2,1-3H3,(H2,21,22,23). The molecular formula is C20H29N5O2. The van der Waals surface area contributed by atoms with E-state index in [1.807, 2.05) is 18.2 Å². The molecule has 0 spiro atoms. The van der Waals surface area contributed by atoms with Gasteiger partial charge in [-0.2, -0.15) is 4.98 Å². The maximum atomic E-state index is 5.95. The molecule has 3 rings (SSSR count). The molecule has 1 aromatic heterocycles. The smallest absolute Gasteiger partial charge is 0.226 e. The average molecular weight is 371 g/mol. The van der Waals surface area contributed by atoms with Crippen LogP contribution in [0.15, 0.2) is 33.8 Å². The lowest BCUT2D eigenvalue weighted by Gasteiger charge is -2.13. The third-order valence-corrected chi connectivity index (χ3v) is 4.37. The molecule has 0 fully saturated rings. The Kier molecular flexibility index (Phi) is 6.68. The summed E-state index contributed by atoms with van der Waals surface area (Å²) < 4.78 is 11.2. The predicted octanol–water partition coefficient (Wildman–Crippen LogP) is 2.68. The van der Waals surface area contributed by atoms with Crippen LogP contribution >= 0.6 is 0 Å². The van der Waals surface area contributed by atoms with Crippen molar-refractivity contribution in [2.24, 2.45) is 4.99 Å². The van der Waals surface area contributed by atoms with Crippen LogP contribution in [0.4, 0.5) is 0 Å². The monoisotopic (exact) mass is 371 g/mol. The lowest BCUT2D eigenvalue weighted by Crippen LogP contribution is -2.38. The zero-order chi connectivity index (χ0) is 19.1. The van der Waals surface area contributed by atoms with E-state index < -0.39 is 0 Å². The summed E-state index contributed by atoms with van der Waals surface area (Å²) in [6.07, 6.45) is 2.67. The third-order valence-electron chi connectivity index (χ3n) is 4.37. The average Bonchev–Trinajstić information content (AvgIpc) is 3.29. The Morgan fingerprint density at radius 3 is 2.89 bits per heavy atom. The number of ether oxygens (including phenoxy) is 1. The number of rotatable bonds is 8. The molecule has 146 valence electrons. The Morgan fingerprint density at radius 1 is 1.30 bits per heavy atom. The van der Waals surface area contributed by atoms with Crippen LogP contribution in [0.5, 0.6) is 5.75 Å². The van der Waals surface area contributed by atoms with Gasteiger partial charge in [-0.15, -0.1) is 0 Å². The van der Waals surface area contributed by atoms with Crippen molar-refractivity contribution >= 4 is 5.96 Å². The Bertz CT molecular complexity index is 731. The van der Waals surface area contributed by atoms with E-state index in [1.165, 1.54) is 5.56 Å². The van der Waals surface area contributed by atoms with E-state index in [0.717, 1.165) is 49.9 Å². The number of nitrogens with one attached hydrogen (secondary N) is 2. The minimum absolute atomic E-state index is 0.103. The molecule has 1 aliphatic rings. The number of aliphatic imine (C=N–C) groups is 1. The second kappa shape index (κ2) is 9.39. The first-order chi connectivity index (χ1) is 13.2. The van der Waals surface area contributed by atoms with Crippen molar-refractivity contribution < 1.29 is 9.26 Å². The number of aryl methyl sites for hydroxylation is 1. The highest BCUT2D eigenvalue weighted by molar-refractivity contribution is 5.79. The minimum atomic E-state index is 0.103. The number of guanidine groups is 1. The molecule has 1 unspecified atom stereocenters. The summed E-state index contributed by atoms with van der Waals surface area (Å²) in [7, 11) is 0. The van der Waals surface area contributed by atoms with Crippen molar-refractivity contribution in [3.8, 4) is 5.75 Å². The van der Waals surface area contributed by atoms with E-state index in [0.29, 0.717) is 12.4 Å². The van der Waals surface area contributed by atoms with E-state index in [1.54, 1.807) is 0 Å². The molecule has 0 saturated carbocycles. The summed E-state index contributed by atoms with van der Waals surface area (Å²) in [5, 5.41) is 10.6. The molecule has 0 saturated heterocycles. The van der Waals surface area contributed by atoms with Gasteiger partial charge < -0.3 is 19.9 Å². The highest BCUT2D eigenvalue weighted by Gasteiger charge is 2.21. The van der Waals surface area contributed by atoms with E-state index >= 15 is 0 Å². The fourth-order valence-corrected chi connectivity index (χ4v) is 2.94. The summed E-state index contributed by atoms with van der Waals surface area (Å²) in [4.78, 5) is 9.07. The molecule has 1 aliphatic heterocycles. The Hall–Kier alpha value is -2.57. The molecule has 0 radical (unpaired) electrons. The number of hydrogen-bond donors (Lipinski definition) is 2. The first-order valence-corrected chi connectivity index (χ1v) is 9.75. The van der Waals surface area contributed by atoms with Gasteiger partial charge in [0.15, 0.2) is 11.8 Å². The van der Waals surface area contributed by atoms with Gasteiger partial charge in [-0.25, -0.2) is 4.99 Å². The maximum Gasteiger partial charge on any atom is 0.226 e. The van der Waals surface area contributed by atoms with E-state index in [4.69, 9.17) is 9.26 Å². The molecule has 1 aromatic carbocycles. The van der Waals surface area contributed by atoms with Crippen molar-refractivity contribution in [3.63, 3.8) is 0 Å². The normalized spacial score (nSPS) is 16.3. The topological polar surface area (TPSA) is 84.6 Å². The van der Waals surface area contributed by atoms with E-state index in [2.05, 4.69) is 52.6 Å². The van der Waals surface area contributed by atoms with Crippen LogP contribution in [-0.2, 0) is 12.8 Å². The fourth-order valence-electron chi connectivity index (χ4n) is 2.94. The van der Waals surface area contributed by atoms with Crippen LogP contribution in [-0.4, -0.2) is 41.8 Å². The summed E-state index contributed by atoms with van der Waals surface area (Å²) in [5.41, 5.74) is 1.26. The molecule has 7 heteroatoms. The van der Waals surface area contributed by atoms with Gasteiger partial charge >= 0.3 is 0 Å². The molecule has 7 nitrogen and oxygen atoms in total. The quantitative estimate of drug-likeness (QED) is 0.422. The van der Waals surface area contributed by atoms with Gasteiger partial charge in [0.1, 0.15) is 11.9 Å². The van der Waals surface area contributed by atoms with E-state index in [-0.39, 0.29) is 12.0 Å². The minimum Gasteiger partial charge on any atom is -0.488 e. The molecule has 0 aliphatic carbocycles. The summed E-state index contributed by atoms with van der Waals surface area (Å²) >= 11 is 0. The van der Waals surface area contributed by atoms with Gasteiger partial charge in [-0.05, 0) is 25.0 Å². The number of hydrogen-bond acceptors (Lipinski definition) is 5. The summed E-state index contributed by atoms with van der Waals surface area (Å²) in [6, 6.07) is 8.19. The zero-order valence-corrected chi connectivity index (χ0v) is 16.4. The van der Waals surface area contributed by atoms with Crippen molar-refractivity contribution in [2.75, 3.05) is 19.6 Å². The Labute approximate surface area is 160 Å². The molecule has 27 heavy (non-hydrogen) atoms. The molecule has 1 atom stereocenters. The number of nitrogens with zero attached hydrogens (tertiary/aromatic N) is 3. The van der Waals surface area contributed by atoms with Crippen molar-refractivity contribution in [2.45, 2.75) is 52.1 Å². The summed E-state index contributed by atoms with van der Waals surface area (Å²) in [5.74, 6) is 3.54. The fraction of sp³-hybridized carbons (Fsp3) is 0.550. The number of benzene rings is 1. The zero-order valence-electron chi connectivity index (χ0n) is 16.4. The summed E-state index contributed by atoms with van der Waals surface area (Å²) in [6.45, 7) is 8.41. The largest absolute Gasteiger partial charge is 0.488 e. The Balaban J connectivity index is 1.42. The molecule has 2 N–H and O–H groups in total. The third kappa shape index (κ3) is 5.45. The van der Waals surface area contributed by atoms with E-state index in [9.17, 15) is 0 Å². The highest BCUT2D eigenvalue weighted by Crippen LogP contribution is 2.28. The maximum absolute atomic E-state index is 5.95. The second-order valence-corrected chi connectivity index (χ2v) is 7.00. The van der Waals surface area contributed by atoms with Crippen LogP contribution in [0, 0.1) is 0 Å². The number of para-hydroxylation sites is 1. The van der Waals surface area contributed by atoms with Crippen LogP contribution < -0.4 is 15.4 Å². The van der Waals surface area contributed by atoms with Gasteiger partial charge in [0.05, 0.1) is 6.54 Å². The van der Waals surface area contributed by atoms with Gasteiger partial charge in [-0.1, -0.05) is 37.2 Å². The van der Waals surface area contributed by atoms with Gasteiger partial charge in [0.2, 0.25) is 5.89 Å². The SMILES string of the molecule is CCNC(=NCC1Cc2ccccc2O1)NCCCc1nc(C(C)C)no1. The van der Waals surface area contributed by atoms with Crippen molar-refractivity contribution in [1.29, 1.82) is 0 Å². The first-order valence-electron chi connectivity index (χ1n) is 9.75. The van der Waals surface area contributed by atoms with Crippen LogP contribution in [0.25, 0.3) is 0 Å². The lowest BCUT2D eigenvalue weighted by molar-refractivity contribution is 0.241. The number of fused-ring (bicyclic) bond motifs is 1. The van der Waals surface area contributed by atoms with Gasteiger partial charge in [0, 0.05) is 31.8 Å². The molecule has 0 amide bonds. The van der Waals surface area contributed by atoms with Crippen molar-refractivity contribution in [1.82, 2.24) is 20.8 Å². The Morgan fingerprint density at radius 2 is 2.15 bits per heavy atom. The van der Waals surface area contributed by atoms with Crippen molar-refractivity contribution in [3.05, 3.63) is 41.5 Å². The molecule has 0 bridgehead atoms. The molecular weight excluding hydrogens is 342 g/mol.